The topological polar surface area (TPSA) is 101 Å². The van der Waals surface area contributed by atoms with E-state index in [0.29, 0.717) is 17.0 Å². The SMILES string of the molecule is COCC(NC(=O)c1cc(C)nnc1C)C(=O)O. The first kappa shape index (κ1) is 14.0. The molecule has 0 saturated carbocycles. The molecule has 1 aromatic rings. The van der Waals surface area contributed by atoms with Crippen molar-refractivity contribution in [3.63, 3.8) is 0 Å². The lowest BCUT2D eigenvalue weighted by atomic mass is 10.1. The van der Waals surface area contributed by atoms with E-state index in [4.69, 9.17) is 9.84 Å². The van der Waals surface area contributed by atoms with Gasteiger partial charge in [0.1, 0.15) is 0 Å². The Morgan fingerprint density at radius 1 is 1.44 bits per heavy atom. The Labute approximate surface area is 104 Å². The maximum atomic E-state index is 11.9. The molecule has 7 nitrogen and oxygen atoms in total. The van der Waals surface area contributed by atoms with E-state index < -0.39 is 17.9 Å². The second-order valence-corrected chi connectivity index (χ2v) is 3.80. The highest BCUT2D eigenvalue weighted by molar-refractivity contribution is 5.97. The maximum absolute atomic E-state index is 11.9. The first-order valence-electron chi connectivity index (χ1n) is 5.29. The second kappa shape index (κ2) is 6.06. The summed E-state index contributed by atoms with van der Waals surface area (Å²) in [5.41, 5.74) is 1.34. The zero-order valence-corrected chi connectivity index (χ0v) is 10.4. The Bertz CT molecular complexity index is 462. The van der Waals surface area contributed by atoms with Gasteiger partial charge in [-0.15, -0.1) is 0 Å². The molecule has 7 heteroatoms. The van der Waals surface area contributed by atoms with Crippen LogP contribution in [0.1, 0.15) is 21.7 Å². The van der Waals surface area contributed by atoms with Gasteiger partial charge in [0.15, 0.2) is 6.04 Å². The summed E-state index contributed by atoms with van der Waals surface area (Å²) < 4.78 is 4.73. The summed E-state index contributed by atoms with van der Waals surface area (Å²) in [5.74, 6) is -1.66. The molecule has 0 aromatic carbocycles. The molecule has 0 saturated heterocycles. The molecule has 1 rings (SSSR count). The molecule has 2 N–H and O–H groups in total. The minimum atomic E-state index is -1.15. The van der Waals surface area contributed by atoms with E-state index in [1.54, 1.807) is 19.9 Å². The number of hydrogen-bond donors (Lipinski definition) is 2. The molecular weight excluding hydrogens is 238 g/mol. The molecular formula is C11H15N3O4. The quantitative estimate of drug-likeness (QED) is 0.761. The minimum absolute atomic E-state index is 0.0996. The van der Waals surface area contributed by atoms with Gasteiger partial charge in [0.25, 0.3) is 5.91 Å². The molecule has 1 heterocycles. The van der Waals surface area contributed by atoms with Crippen LogP contribution in [-0.4, -0.2) is 46.9 Å². The van der Waals surface area contributed by atoms with Gasteiger partial charge >= 0.3 is 5.97 Å². The van der Waals surface area contributed by atoms with E-state index in [0.717, 1.165) is 0 Å². The Kier molecular flexibility index (Phi) is 4.73. The number of ether oxygens (including phenoxy) is 1. The van der Waals surface area contributed by atoms with Gasteiger partial charge in [-0.25, -0.2) is 4.79 Å². The van der Waals surface area contributed by atoms with Crippen LogP contribution in [0.3, 0.4) is 0 Å². The summed E-state index contributed by atoms with van der Waals surface area (Å²) in [7, 11) is 1.37. The van der Waals surface area contributed by atoms with Crippen LogP contribution in [0, 0.1) is 13.8 Å². The fourth-order valence-electron chi connectivity index (χ4n) is 1.36. The van der Waals surface area contributed by atoms with E-state index in [1.807, 2.05) is 0 Å². The van der Waals surface area contributed by atoms with Crippen molar-refractivity contribution in [3.8, 4) is 0 Å². The molecule has 0 spiro atoms. The minimum Gasteiger partial charge on any atom is -0.480 e. The lowest BCUT2D eigenvalue weighted by Gasteiger charge is -2.14. The third kappa shape index (κ3) is 3.49. The van der Waals surface area contributed by atoms with Crippen LogP contribution in [0.15, 0.2) is 6.07 Å². The molecule has 0 bridgehead atoms. The number of aryl methyl sites for hydroxylation is 2. The van der Waals surface area contributed by atoms with Gasteiger partial charge in [0.05, 0.1) is 23.6 Å². The van der Waals surface area contributed by atoms with Gasteiger partial charge in [-0.2, -0.15) is 10.2 Å². The van der Waals surface area contributed by atoms with Gasteiger partial charge in [-0.3, -0.25) is 4.79 Å². The average Bonchev–Trinajstić information content (AvgIpc) is 2.31. The lowest BCUT2D eigenvalue weighted by Crippen LogP contribution is -2.44. The second-order valence-electron chi connectivity index (χ2n) is 3.80. The van der Waals surface area contributed by atoms with Crippen LogP contribution in [-0.2, 0) is 9.53 Å². The number of nitrogens with one attached hydrogen (secondary N) is 1. The standard InChI is InChI=1S/C11H15N3O4/c1-6-4-8(7(2)14-13-6)10(15)12-9(5-18-3)11(16)17/h4,9H,5H2,1-3H3,(H,12,15)(H,16,17). The Morgan fingerprint density at radius 3 is 2.67 bits per heavy atom. The third-order valence-electron chi connectivity index (χ3n) is 2.28. The number of methoxy groups -OCH3 is 1. The van der Waals surface area contributed by atoms with Gasteiger partial charge < -0.3 is 15.2 Å². The molecule has 1 amide bonds. The van der Waals surface area contributed by atoms with Gasteiger partial charge in [0.2, 0.25) is 0 Å². The van der Waals surface area contributed by atoms with E-state index in [2.05, 4.69) is 15.5 Å². The number of amides is 1. The third-order valence-corrected chi connectivity index (χ3v) is 2.28. The normalized spacial score (nSPS) is 11.9. The van der Waals surface area contributed by atoms with Crippen LogP contribution in [0.25, 0.3) is 0 Å². The van der Waals surface area contributed by atoms with Crippen molar-refractivity contribution < 1.29 is 19.4 Å². The van der Waals surface area contributed by atoms with Crippen molar-refractivity contribution >= 4 is 11.9 Å². The summed E-state index contributed by atoms with van der Waals surface area (Å²) >= 11 is 0. The summed E-state index contributed by atoms with van der Waals surface area (Å²) in [6.45, 7) is 3.23. The van der Waals surface area contributed by atoms with E-state index in [9.17, 15) is 9.59 Å². The Hall–Kier alpha value is -2.02. The summed E-state index contributed by atoms with van der Waals surface area (Å²) in [4.78, 5) is 22.8. The predicted molar refractivity (Wildman–Crippen MR) is 62.3 cm³/mol. The largest absolute Gasteiger partial charge is 0.480 e. The number of carboxylic acids is 1. The molecule has 1 atom stereocenters. The first-order chi connectivity index (χ1) is 8.45. The average molecular weight is 253 g/mol. The lowest BCUT2D eigenvalue weighted by molar-refractivity contribution is -0.140. The smallest absolute Gasteiger partial charge is 0.328 e. The molecule has 98 valence electrons. The number of carbonyl (C=O) groups excluding carboxylic acids is 1. The summed E-state index contributed by atoms with van der Waals surface area (Å²) in [6, 6.07) is 0.471. The van der Waals surface area contributed by atoms with Gasteiger partial charge in [0, 0.05) is 7.11 Å². The van der Waals surface area contributed by atoms with Crippen LogP contribution < -0.4 is 5.32 Å². The van der Waals surface area contributed by atoms with Crippen molar-refractivity contribution in [2.24, 2.45) is 0 Å². The maximum Gasteiger partial charge on any atom is 0.328 e. The van der Waals surface area contributed by atoms with Gasteiger partial charge in [-0.1, -0.05) is 0 Å². The molecule has 1 unspecified atom stereocenters. The number of carboxylic acid groups (broad SMARTS) is 1. The number of rotatable bonds is 5. The zero-order valence-electron chi connectivity index (χ0n) is 10.4. The molecule has 0 aliphatic heterocycles. The monoisotopic (exact) mass is 253 g/mol. The number of aliphatic carboxylic acids is 1. The van der Waals surface area contributed by atoms with E-state index in [-0.39, 0.29) is 6.61 Å². The van der Waals surface area contributed by atoms with Crippen LogP contribution in [0.4, 0.5) is 0 Å². The zero-order chi connectivity index (χ0) is 13.7. The van der Waals surface area contributed by atoms with Crippen LogP contribution in [0.5, 0.6) is 0 Å². The number of carbonyl (C=O) groups is 2. The fraction of sp³-hybridized carbons (Fsp3) is 0.455. The molecule has 1 aromatic heterocycles. The molecule has 0 aliphatic rings. The molecule has 0 aliphatic carbocycles. The highest BCUT2D eigenvalue weighted by Crippen LogP contribution is 2.05. The highest BCUT2D eigenvalue weighted by Gasteiger charge is 2.21. The first-order valence-corrected chi connectivity index (χ1v) is 5.29. The molecule has 0 radical (unpaired) electrons. The van der Waals surface area contributed by atoms with E-state index in [1.165, 1.54) is 7.11 Å². The molecule has 0 fully saturated rings. The van der Waals surface area contributed by atoms with Crippen LogP contribution >= 0.6 is 0 Å². The predicted octanol–water partition coefficient (Wildman–Crippen LogP) is -0.0772. The molecule has 18 heavy (non-hydrogen) atoms. The van der Waals surface area contributed by atoms with Gasteiger partial charge in [-0.05, 0) is 19.9 Å². The van der Waals surface area contributed by atoms with Crippen molar-refractivity contribution in [1.29, 1.82) is 0 Å². The Morgan fingerprint density at radius 2 is 2.11 bits per heavy atom. The van der Waals surface area contributed by atoms with Crippen molar-refractivity contribution in [3.05, 3.63) is 23.0 Å². The van der Waals surface area contributed by atoms with Crippen molar-refractivity contribution in [1.82, 2.24) is 15.5 Å². The number of aromatic nitrogens is 2. The van der Waals surface area contributed by atoms with Crippen molar-refractivity contribution in [2.45, 2.75) is 19.9 Å². The van der Waals surface area contributed by atoms with Crippen molar-refractivity contribution in [2.75, 3.05) is 13.7 Å². The number of hydrogen-bond acceptors (Lipinski definition) is 5. The fourth-order valence-corrected chi connectivity index (χ4v) is 1.36. The summed E-state index contributed by atoms with van der Waals surface area (Å²) in [5, 5.41) is 18.9. The van der Waals surface area contributed by atoms with Crippen LogP contribution in [0.2, 0.25) is 0 Å². The number of nitrogens with zero attached hydrogens (tertiary/aromatic N) is 2. The summed E-state index contributed by atoms with van der Waals surface area (Å²) in [6.07, 6.45) is 0. The van der Waals surface area contributed by atoms with E-state index >= 15 is 0 Å². The Balaban J connectivity index is 2.86. The highest BCUT2D eigenvalue weighted by atomic mass is 16.5.